The van der Waals surface area contributed by atoms with E-state index >= 15 is 0 Å². The molecule has 2 aromatic carbocycles. The third kappa shape index (κ3) is 8.31. The Bertz CT molecular complexity index is 858. The molecule has 7 nitrogen and oxygen atoms in total. The number of carbonyl (C=O) groups excluding carboxylic acids is 1. The highest BCUT2D eigenvalue weighted by Crippen LogP contribution is 2.30. The van der Waals surface area contributed by atoms with E-state index in [9.17, 15) is 18.0 Å². The Hall–Kier alpha value is -3.40. The van der Waals surface area contributed by atoms with Gasteiger partial charge in [0.05, 0.1) is 5.56 Å². The molecule has 2 rings (SSSR count). The van der Waals surface area contributed by atoms with Crippen LogP contribution in [0, 0.1) is 0 Å². The molecule has 162 valence electrons. The lowest BCUT2D eigenvalue weighted by molar-refractivity contribution is -0.159. The van der Waals surface area contributed by atoms with Gasteiger partial charge in [0.2, 0.25) is 5.91 Å². The summed E-state index contributed by atoms with van der Waals surface area (Å²) in [5.41, 5.74) is 0.0605. The van der Waals surface area contributed by atoms with Gasteiger partial charge in [0.15, 0.2) is 0 Å². The Kier molecular flexibility index (Phi) is 9.00. The molecule has 10 heteroatoms. The van der Waals surface area contributed by atoms with Crippen molar-refractivity contribution in [3.8, 4) is 0 Å². The minimum absolute atomic E-state index is 0.0301. The Balaban J connectivity index is 0.000000656. The van der Waals surface area contributed by atoms with E-state index < -0.39 is 35.6 Å². The lowest BCUT2D eigenvalue weighted by Crippen LogP contribution is -2.37. The van der Waals surface area contributed by atoms with Crippen molar-refractivity contribution in [2.75, 3.05) is 5.32 Å². The van der Waals surface area contributed by atoms with E-state index in [0.29, 0.717) is 0 Å². The second-order valence-corrected chi connectivity index (χ2v) is 6.34. The predicted molar refractivity (Wildman–Crippen MR) is 103 cm³/mol. The van der Waals surface area contributed by atoms with Crippen LogP contribution in [0.4, 0.5) is 18.9 Å². The number of anilines is 1. The van der Waals surface area contributed by atoms with Crippen LogP contribution >= 0.6 is 0 Å². The number of nitrogens with one attached hydrogen (secondary N) is 2. The summed E-state index contributed by atoms with van der Waals surface area (Å²) in [6.45, 7) is 3.79. The van der Waals surface area contributed by atoms with Gasteiger partial charge in [0.25, 0.3) is 0 Å². The van der Waals surface area contributed by atoms with Crippen LogP contribution in [0.2, 0.25) is 0 Å². The molecule has 0 bridgehead atoms. The van der Waals surface area contributed by atoms with E-state index in [0.717, 1.165) is 17.7 Å². The molecular weight excluding hydrogens is 405 g/mol. The van der Waals surface area contributed by atoms with Crippen LogP contribution in [-0.2, 0) is 20.6 Å². The number of hydrogen-bond donors (Lipinski definition) is 4. The topological polar surface area (TPSA) is 116 Å². The third-order valence-electron chi connectivity index (χ3n) is 3.54. The molecule has 0 saturated carbocycles. The summed E-state index contributed by atoms with van der Waals surface area (Å²) >= 11 is 0. The van der Waals surface area contributed by atoms with Crippen LogP contribution in [0.15, 0.2) is 54.6 Å². The molecule has 0 aliphatic carbocycles. The molecule has 0 saturated heterocycles. The molecule has 0 fully saturated rings. The number of hydrogen-bond acceptors (Lipinski definition) is 4. The zero-order chi connectivity index (χ0) is 22.9. The minimum atomic E-state index is -4.45. The first-order chi connectivity index (χ1) is 13.9. The monoisotopic (exact) mass is 426 g/mol. The van der Waals surface area contributed by atoms with Gasteiger partial charge in [-0.1, -0.05) is 36.4 Å². The lowest BCUT2D eigenvalue weighted by atomic mass is 10.0. The van der Waals surface area contributed by atoms with Crippen molar-refractivity contribution >= 4 is 23.5 Å². The summed E-state index contributed by atoms with van der Waals surface area (Å²) in [6, 6.07) is 13.0. The molecule has 0 heterocycles. The van der Waals surface area contributed by atoms with Crippen LogP contribution in [0.3, 0.4) is 0 Å². The number of carboxylic acids is 2. The first-order valence-electron chi connectivity index (χ1n) is 8.67. The number of carboxylic acid groups (broad SMARTS) is 2. The van der Waals surface area contributed by atoms with E-state index in [1.165, 1.54) is 12.1 Å². The molecule has 0 spiro atoms. The van der Waals surface area contributed by atoms with Crippen molar-refractivity contribution in [1.29, 1.82) is 0 Å². The Morgan fingerprint density at radius 1 is 0.900 bits per heavy atom. The predicted octanol–water partition coefficient (Wildman–Crippen LogP) is 3.54. The van der Waals surface area contributed by atoms with Gasteiger partial charge in [0.1, 0.15) is 6.04 Å². The number of alkyl halides is 3. The maximum Gasteiger partial charge on any atom is 0.416 e. The van der Waals surface area contributed by atoms with Gasteiger partial charge in [-0.05, 0) is 37.6 Å². The molecule has 30 heavy (non-hydrogen) atoms. The van der Waals surface area contributed by atoms with E-state index in [1.54, 1.807) is 12.1 Å². The Morgan fingerprint density at radius 3 is 1.93 bits per heavy atom. The zero-order valence-corrected chi connectivity index (χ0v) is 16.1. The zero-order valence-electron chi connectivity index (χ0n) is 16.1. The molecule has 0 aromatic heterocycles. The van der Waals surface area contributed by atoms with E-state index in [1.807, 2.05) is 32.0 Å². The third-order valence-corrected chi connectivity index (χ3v) is 3.54. The number of halogens is 3. The van der Waals surface area contributed by atoms with Crippen molar-refractivity contribution in [2.45, 2.75) is 32.1 Å². The largest absolute Gasteiger partial charge is 0.473 e. The van der Waals surface area contributed by atoms with Gasteiger partial charge in [0, 0.05) is 11.7 Å². The normalized spacial score (nSPS) is 11.8. The van der Waals surface area contributed by atoms with Gasteiger partial charge in [-0.2, -0.15) is 13.2 Å². The fraction of sp³-hybridized carbons (Fsp3) is 0.250. The van der Waals surface area contributed by atoms with E-state index in [4.69, 9.17) is 19.8 Å². The second-order valence-electron chi connectivity index (χ2n) is 6.34. The van der Waals surface area contributed by atoms with Crippen molar-refractivity contribution in [3.05, 3.63) is 65.7 Å². The summed E-state index contributed by atoms with van der Waals surface area (Å²) in [6.07, 6.45) is -4.45. The van der Waals surface area contributed by atoms with Crippen LogP contribution in [0.25, 0.3) is 0 Å². The number of amides is 1. The highest BCUT2D eigenvalue weighted by molar-refractivity contribution is 6.27. The molecular formula is C20H21F3N2O5. The molecule has 0 radical (unpaired) electrons. The molecule has 4 N–H and O–H groups in total. The van der Waals surface area contributed by atoms with Gasteiger partial charge in [-0.25, -0.2) is 9.59 Å². The average Bonchev–Trinajstić information content (AvgIpc) is 2.66. The van der Waals surface area contributed by atoms with Crippen molar-refractivity contribution in [1.82, 2.24) is 5.32 Å². The molecule has 2 aromatic rings. The molecule has 1 atom stereocenters. The molecule has 1 amide bonds. The highest BCUT2D eigenvalue weighted by atomic mass is 19.4. The van der Waals surface area contributed by atoms with E-state index in [2.05, 4.69) is 10.6 Å². The molecule has 0 aliphatic heterocycles. The average molecular weight is 426 g/mol. The van der Waals surface area contributed by atoms with Crippen LogP contribution in [0.5, 0.6) is 0 Å². The van der Waals surface area contributed by atoms with Crippen molar-refractivity contribution in [2.24, 2.45) is 0 Å². The van der Waals surface area contributed by atoms with Gasteiger partial charge < -0.3 is 15.5 Å². The van der Waals surface area contributed by atoms with Crippen LogP contribution in [0.1, 0.15) is 31.0 Å². The smallest absolute Gasteiger partial charge is 0.416 e. The second kappa shape index (κ2) is 11.0. The number of aliphatic carboxylic acids is 2. The minimum Gasteiger partial charge on any atom is -0.473 e. The quantitative estimate of drug-likeness (QED) is 0.544. The first kappa shape index (κ1) is 24.6. The SMILES string of the molecule is CC(C)NC(C(=O)Nc1cccc(C(F)(F)F)c1)c1ccccc1.O=C(O)C(=O)O. The number of rotatable bonds is 5. The summed E-state index contributed by atoms with van der Waals surface area (Å²) < 4.78 is 38.3. The van der Waals surface area contributed by atoms with Crippen LogP contribution in [-0.4, -0.2) is 34.1 Å². The van der Waals surface area contributed by atoms with Crippen LogP contribution < -0.4 is 10.6 Å². The standard InChI is InChI=1S/C18H19F3N2O.C2H2O4/c1-12(2)22-16(13-7-4-3-5-8-13)17(24)23-15-10-6-9-14(11-15)18(19,20)21;3-1(4)2(5)6/h3-12,16,22H,1-2H3,(H,23,24);(H,3,4)(H,5,6). The van der Waals surface area contributed by atoms with Gasteiger partial charge in [-0.3, -0.25) is 10.1 Å². The highest BCUT2D eigenvalue weighted by Gasteiger charge is 2.30. The maximum absolute atomic E-state index is 12.8. The summed E-state index contributed by atoms with van der Waals surface area (Å²) in [4.78, 5) is 30.8. The Labute approximate surface area is 170 Å². The number of benzene rings is 2. The molecule has 0 aliphatic rings. The van der Waals surface area contributed by atoms with Crippen molar-refractivity contribution < 1.29 is 37.8 Å². The number of carbonyl (C=O) groups is 3. The summed E-state index contributed by atoms with van der Waals surface area (Å²) in [5, 5.41) is 20.5. The summed E-state index contributed by atoms with van der Waals surface area (Å²) in [7, 11) is 0. The van der Waals surface area contributed by atoms with E-state index in [-0.39, 0.29) is 11.7 Å². The molecule has 1 unspecified atom stereocenters. The Morgan fingerprint density at radius 2 is 1.47 bits per heavy atom. The van der Waals surface area contributed by atoms with Crippen molar-refractivity contribution in [3.63, 3.8) is 0 Å². The first-order valence-corrected chi connectivity index (χ1v) is 8.67. The fourth-order valence-electron chi connectivity index (χ4n) is 2.29. The van der Waals surface area contributed by atoms with Gasteiger partial charge in [-0.15, -0.1) is 0 Å². The lowest BCUT2D eigenvalue weighted by Gasteiger charge is -2.21. The maximum atomic E-state index is 12.8. The van der Waals surface area contributed by atoms with Gasteiger partial charge >= 0.3 is 18.1 Å². The fourth-order valence-corrected chi connectivity index (χ4v) is 2.29. The summed E-state index contributed by atoms with van der Waals surface area (Å²) in [5.74, 6) is -4.06.